The number of methoxy groups -OCH3 is 1. The average Bonchev–Trinajstić information content (AvgIpc) is 2.50. The highest BCUT2D eigenvalue weighted by atomic mass is 16.5. The second-order valence-corrected chi connectivity index (χ2v) is 3.77. The summed E-state index contributed by atoms with van der Waals surface area (Å²) in [5.41, 5.74) is 0. The van der Waals surface area contributed by atoms with Crippen LogP contribution in [-0.2, 0) is 19.1 Å². The summed E-state index contributed by atoms with van der Waals surface area (Å²) in [4.78, 5) is 36.0. The maximum absolute atomic E-state index is 11.7. The van der Waals surface area contributed by atoms with Crippen LogP contribution in [0.25, 0.3) is 0 Å². The van der Waals surface area contributed by atoms with Crippen LogP contribution in [0.3, 0.4) is 0 Å². The summed E-state index contributed by atoms with van der Waals surface area (Å²) in [7, 11) is 1.29. The van der Waals surface area contributed by atoms with Crippen LogP contribution in [-0.4, -0.2) is 49.6 Å². The normalized spacial score (nSPS) is 20.7. The summed E-state index contributed by atoms with van der Waals surface area (Å²) >= 11 is 0. The molecule has 0 spiro atoms. The van der Waals surface area contributed by atoms with E-state index in [9.17, 15) is 14.4 Å². The lowest BCUT2D eigenvalue weighted by Crippen LogP contribution is -2.32. The first-order valence-corrected chi connectivity index (χ1v) is 5.62. The van der Waals surface area contributed by atoms with Crippen LogP contribution in [0, 0.1) is 5.92 Å². The van der Waals surface area contributed by atoms with E-state index in [0.717, 1.165) is 0 Å². The Bertz CT molecular complexity index is 315. The van der Waals surface area contributed by atoms with Gasteiger partial charge in [-0.1, -0.05) is 0 Å². The van der Waals surface area contributed by atoms with E-state index >= 15 is 0 Å². The maximum Gasteiger partial charge on any atom is 0.409 e. The molecule has 1 amide bonds. The van der Waals surface area contributed by atoms with Gasteiger partial charge in [0.25, 0.3) is 0 Å². The predicted molar refractivity (Wildman–Crippen MR) is 58.3 cm³/mol. The lowest BCUT2D eigenvalue weighted by atomic mass is 10.00. The number of hydrogen-bond donors (Lipinski definition) is 0. The van der Waals surface area contributed by atoms with Crippen molar-refractivity contribution in [1.82, 2.24) is 4.90 Å². The Morgan fingerprint density at radius 1 is 1.41 bits per heavy atom. The molecular formula is C11H17NO5. The molecule has 1 heterocycles. The summed E-state index contributed by atoms with van der Waals surface area (Å²) in [6.07, 6.45) is -0.00645. The van der Waals surface area contributed by atoms with E-state index < -0.39 is 18.0 Å². The van der Waals surface area contributed by atoms with E-state index in [0.29, 0.717) is 19.5 Å². The zero-order chi connectivity index (χ0) is 12.8. The van der Waals surface area contributed by atoms with E-state index in [-0.39, 0.29) is 18.8 Å². The molecule has 96 valence electrons. The van der Waals surface area contributed by atoms with Gasteiger partial charge in [-0.3, -0.25) is 9.59 Å². The Morgan fingerprint density at radius 3 is 2.71 bits per heavy atom. The van der Waals surface area contributed by atoms with Gasteiger partial charge in [0.1, 0.15) is 11.7 Å². The van der Waals surface area contributed by atoms with Crippen molar-refractivity contribution in [3.63, 3.8) is 0 Å². The Hall–Kier alpha value is -1.59. The van der Waals surface area contributed by atoms with Crippen molar-refractivity contribution >= 4 is 17.8 Å². The topological polar surface area (TPSA) is 72.9 Å². The Labute approximate surface area is 99.9 Å². The van der Waals surface area contributed by atoms with Gasteiger partial charge in [-0.05, 0) is 13.3 Å². The fourth-order valence-corrected chi connectivity index (χ4v) is 1.78. The van der Waals surface area contributed by atoms with E-state index in [2.05, 4.69) is 4.74 Å². The Kier molecular flexibility index (Phi) is 4.93. The zero-order valence-corrected chi connectivity index (χ0v) is 10.1. The molecule has 1 rings (SSSR count). The molecule has 1 aliphatic heterocycles. The van der Waals surface area contributed by atoms with Gasteiger partial charge < -0.3 is 14.4 Å². The summed E-state index contributed by atoms with van der Waals surface area (Å²) in [6, 6.07) is 0. The van der Waals surface area contributed by atoms with Gasteiger partial charge >= 0.3 is 12.1 Å². The van der Waals surface area contributed by atoms with E-state index in [4.69, 9.17) is 4.74 Å². The van der Waals surface area contributed by atoms with Crippen LogP contribution in [0.15, 0.2) is 0 Å². The number of rotatable bonds is 2. The molecule has 1 fully saturated rings. The fourth-order valence-electron chi connectivity index (χ4n) is 1.78. The second-order valence-electron chi connectivity index (χ2n) is 3.77. The summed E-state index contributed by atoms with van der Waals surface area (Å²) in [5, 5.41) is 0. The van der Waals surface area contributed by atoms with Crippen molar-refractivity contribution in [2.24, 2.45) is 5.92 Å². The molecule has 17 heavy (non-hydrogen) atoms. The monoisotopic (exact) mass is 243 g/mol. The lowest BCUT2D eigenvalue weighted by molar-refractivity contribution is -0.151. The molecule has 1 aliphatic rings. The van der Waals surface area contributed by atoms with Crippen molar-refractivity contribution in [3.8, 4) is 0 Å². The number of nitrogens with zero attached hydrogens (tertiary/aromatic N) is 1. The largest absolute Gasteiger partial charge is 0.465 e. The molecule has 0 radical (unpaired) electrons. The number of hydrogen-bond acceptors (Lipinski definition) is 5. The summed E-state index contributed by atoms with van der Waals surface area (Å²) < 4.78 is 9.42. The summed E-state index contributed by atoms with van der Waals surface area (Å²) in [6.45, 7) is 2.58. The van der Waals surface area contributed by atoms with Crippen molar-refractivity contribution < 1.29 is 23.9 Å². The minimum atomic E-state index is -0.746. The standard InChI is InChI=1S/C11H17NO5/c1-3-17-10(14)8-4-6-12(11(15)16-2)7-5-9(8)13/h8H,3-7H2,1-2H3. The molecule has 1 unspecified atom stereocenters. The first-order valence-electron chi connectivity index (χ1n) is 5.62. The minimum absolute atomic E-state index is 0.165. The molecule has 0 aliphatic carbocycles. The Morgan fingerprint density at radius 2 is 2.12 bits per heavy atom. The smallest absolute Gasteiger partial charge is 0.409 e. The SMILES string of the molecule is CCOC(=O)C1CCN(C(=O)OC)CCC1=O. The van der Waals surface area contributed by atoms with Crippen LogP contribution in [0.5, 0.6) is 0 Å². The molecule has 0 aromatic heterocycles. The van der Waals surface area contributed by atoms with Gasteiger partial charge in [0.05, 0.1) is 13.7 Å². The number of likely N-dealkylation sites (tertiary alicyclic amines) is 1. The number of carbonyl (C=O) groups excluding carboxylic acids is 3. The Balaban J connectivity index is 2.63. The van der Waals surface area contributed by atoms with Gasteiger partial charge in [-0.2, -0.15) is 0 Å². The lowest BCUT2D eigenvalue weighted by Gasteiger charge is -2.17. The van der Waals surface area contributed by atoms with Crippen molar-refractivity contribution in [1.29, 1.82) is 0 Å². The molecule has 0 N–H and O–H groups in total. The van der Waals surface area contributed by atoms with Gasteiger partial charge in [-0.15, -0.1) is 0 Å². The third-order valence-electron chi connectivity index (χ3n) is 2.71. The molecule has 0 aromatic carbocycles. The maximum atomic E-state index is 11.7. The number of ether oxygens (including phenoxy) is 2. The molecular weight excluding hydrogens is 226 g/mol. The number of ketones is 1. The van der Waals surface area contributed by atoms with Crippen molar-refractivity contribution in [2.75, 3.05) is 26.8 Å². The molecule has 1 atom stereocenters. The quantitative estimate of drug-likeness (QED) is 0.524. The first kappa shape index (κ1) is 13.5. The molecule has 0 aromatic rings. The van der Waals surface area contributed by atoms with Crippen molar-refractivity contribution in [2.45, 2.75) is 19.8 Å². The highest BCUT2D eigenvalue weighted by Gasteiger charge is 2.32. The third-order valence-corrected chi connectivity index (χ3v) is 2.71. The summed E-state index contributed by atoms with van der Waals surface area (Å²) in [5.74, 6) is -1.41. The highest BCUT2D eigenvalue weighted by Crippen LogP contribution is 2.16. The predicted octanol–water partition coefficient (Wildman–Crippen LogP) is 0.597. The van der Waals surface area contributed by atoms with Crippen LogP contribution >= 0.6 is 0 Å². The van der Waals surface area contributed by atoms with E-state index in [1.54, 1.807) is 6.92 Å². The molecule has 6 nitrogen and oxygen atoms in total. The average molecular weight is 243 g/mol. The van der Waals surface area contributed by atoms with Gasteiger partial charge in [0.15, 0.2) is 0 Å². The highest BCUT2D eigenvalue weighted by molar-refractivity contribution is 5.99. The number of carbonyl (C=O) groups is 3. The third kappa shape index (κ3) is 3.44. The molecule has 1 saturated heterocycles. The fraction of sp³-hybridized carbons (Fsp3) is 0.727. The number of amides is 1. The molecule has 0 saturated carbocycles. The molecule has 6 heteroatoms. The van der Waals surface area contributed by atoms with Crippen LogP contribution < -0.4 is 0 Å². The van der Waals surface area contributed by atoms with E-state index in [1.807, 2.05) is 0 Å². The number of Topliss-reactive ketones (excluding diaryl/α,β-unsaturated/α-hetero) is 1. The van der Waals surface area contributed by atoms with Gasteiger partial charge in [0.2, 0.25) is 0 Å². The molecule has 0 bridgehead atoms. The van der Waals surface area contributed by atoms with E-state index in [1.165, 1.54) is 12.0 Å². The minimum Gasteiger partial charge on any atom is -0.465 e. The van der Waals surface area contributed by atoms with Crippen LogP contribution in [0.4, 0.5) is 4.79 Å². The zero-order valence-electron chi connectivity index (χ0n) is 10.1. The van der Waals surface area contributed by atoms with Gasteiger partial charge in [-0.25, -0.2) is 4.79 Å². The van der Waals surface area contributed by atoms with Crippen molar-refractivity contribution in [3.05, 3.63) is 0 Å². The van der Waals surface area contributed by atoms with Crippen LogP contribution in [0.2, 0.25) is 0 Å². The first-order chi connectivity index (χ1) is 8.10. The van der Waals surface area contributed by atoms with Gasteiger partial charge in [0, 0.05) is 19.5 Å². The second kappa shape index (κ2) is 6.22. The number of esters is 1. The van der Waals surface area contributed by atoms with Crippen LogP contribution in [0.1, 0.15) is 19.8 Å².